The third-order valence-corrected chi connectivity index (χ3v) is 3.65. The van der Waals surface area contributed by atoms with Gasteiger partial charge in [0.15, 0.2) is 0 Å². The van der Waals surface area contributed by atoms with Crippen molar-refractivity contribution in [3.05, 3.63) is 35.6 Å². The molecular weight excluding hydrogens is 311 g/mol. The summed E-state index contributed by atoms with van der Waals surface area (Å²) in [5.41, 5.74) is 0.422. The molecule has 0 unspecified atom stereocenters. The van der Waals surface area contributed by atoms with Gasteiger partial charge in [0.1, 0.15) is 12.4 Å². The van der Waals surface area contributed by atoms with Crippen molar-refractivity contribution >= 4 is 23.6 Å². The van der Waals surface area contributed by atoms with Gasteiger partial charge in [-0.25, -0.2) is 9.18 Å². The van der Waals surface area contributed by atoms with E-state index in [1.54, 1.807) is 4.90 Å². The molecular formula is C15H18ClFN2O3. The van der Waals surface area contributed by atoms with Gasteiger partial charge in [-0.2, -0.15) is 0 Å². The van der Waals surface area contributed by atoms with E-state index in [1.165, 1.54) is 24.3 Å². The average molecular weight is 329 g/mol. The van der Waals surface area contributed by atoms with Gasteiger partial charge in [-0.05, 0) is 37.1 Å². The number of ether oxygens (including phenoxy) is 1. The standard InChI is InChI=1S/C15H18ClFN2O3/c16-7-10-22-15(21)19-8-5-13(6-9-19)18-14(20)11-1-3-12(17)4-2-11/h1-4,13H,5-10H2,(H,18,20). The average Bonchev–Trinajstić information content (AvgIpc) is 2.54. The Morgan fingerprint density at radius 1 is 1.27 bits per heavy atom. The van der Waals surface area contributed by atoms with Crippen LogP contribution < -0.4 is 5.32 Å². The Morgan fingerprint density at radius 2 is 1.91 bits per heavy atom. The van der Waals surface area contributed by atoms with E-state index in [1.807, 2.05) is 0 Å². The summed E-state index contributed by atoms with van der Waals surface area (Å²) in [6.07, 6.45) is 0.940. The molecule has 0 saturated carbocycles. The number of alkyl halides is 1. The van der Waals surface area contributed by atoms with E-state index >= 15 is 0 Å². The number of hydrogen-bond donors (Lipinski definition) is 1. The highest BCUT2D eigenvalue weighted by atomic mass is 35.5. The number of likely N-dealkylation sites (tertiary alicyclic amines) is 1. The lowest BCUT2D eigenvalue weighted by molar-refractivity contribution is 0.0862. The van der Waals surface area contributed by atoms with Crippen LogP contribution >= 0.6 is 11.6 Å². The fourth-order valence-corrected chi connectivity index (χ4v) is 2.37. The summed E-state index contributed by atoms with van der Waals surface area (Å²) < 4.78 is 17.8. The fourth-order valence-electron chi connectivity index (χ4n) is 2.29. The van der Waals surface area contributed by atoms with E-state index in [0.29, 0.717) is 31.5 Å². The second-order valence-electron chi connectivity index (χ2n) is 5.05. The first-order valence-electron chi connectivity index (χ1n) is 7.14. The molecule has 5 nitrogen and oxygen atoms in total. The van der Waals surface area contributed by atoms with Crippen molar-refractivity contribution in [3.63, 3.8) is 0 Å². The highest BCUT2D eigenvalue weighted by Crippen LogP contribution is 2.12. The first-order chi connectivity index (χ1) is 10.6. The number of rotatable bonds is 4. The van der Waals surface area contributed by atoms with Gasteiger partial charge in [-0.15, -0.1) is 11.6 Å². The van der Waals surface area contributed by atoms with Crippen LogP contribution in [0.5, 0.6) is 0 Å². The van der Waals surface area contributed by atoms with Crippen molar-refractivity contribution in [3.8, 4) is 0 Å². The second kappa shape index (κ2) is 7.98. The molecule has 7 heteroatoms. The smallest absolute Gasteiger partial charge is 0.409 e. The maximum absolute atomic E-state index is 12.8. The molecule has 2 amide bonds. The summed E-state index contributed by atoms with van der Waals surface area (Å²) in [6.45, 7) is 1.24. The van der Waals surface area contributed by atoms with E-state index in [0.717, 1.165) is 0 Å². The Morgan fingerprint density at radius 3 is 2.50 bits per heavy atom. The van der Waals surface area contributed by atoms with Crippen LogP contribution in [-0.2, 0) is 4.74 Å². The lowest BCUT2D eigenvalue weighted by Gasteiger charge is -2.31. The van der Waals surface area contributed by atoms with Crippen molar-refractivity contribution in [2.24, 2.45) is 0 Å². The van der Waals surface area contributed by atoms with E-state index in [2.05, 4.69) is 5.32 Å². The molecule has 0 atom stereocenters. The summed E-state index contributed by atoms with van der Waals surface area (Å²) in [7, 11) is 0. The van der Waals surface area contributed by atoms with Crippen LogP contribution in [0.15, 0.2) is 24.3 Å². The van der Waals surface area contributed by atoms with Crippen LogP contribution in [0.4, 0.5) is 9.18 Å². The summed E-state index contributed by atoms with van der Waals surface area (Å²) in [5.74, 6) is -0.334. The predicted octanol–water partition coefficient (Wildman–Crippen LogP) is 2.40. The minimum atomic E-state index is -0.375. The van der Waals surface area contributed by atoms with E-state index < -0.39 is 0 Å². The zero-order chi connectivity index (χ0) is 15.9. The number of nitrogens with one attached hydrogen (secondary N) is 1. The van der Waals surface area contributed by atoms with Gasteiger partial charge in [0.2, 0.25) is 0 Å². The molecule has 22 heavy (non-hydrogen) atoms. The molecule has 1 aromatic carbocycles. The highest BCUT2D eigenvalue weighted by molar-refractivity contribution is 6.18. The van der Waals surface area contributed by atoms with Gasteiger partial charge in [-0.1, -0.05) is 0 Å². The van der Waals surface area contributed by atoms with Crippen LogP contribution in [0.2, 0.25) is 0 Å². The Labute approximate surface area is 133 Å². The van der Waals surface area contributed by atoms with Crippen LogP contribution in [0.3, 0.4) is 0 Å². The molecule has 120 valence electrons. The van der Waals surface area contributed by atoms with Crippen molar-refractivity contribution in [2.45, 2.75) is 18.9 Å². The molecule has 1 N–H and O–H groups in total. The number of hydrogen-bond acceptors (Lipinski definition) is 3. The van der Waals surface area contributed by atoms with Gasteiger partial charge >= 0.3 is 6.09 Å². The Bertz CT molecular complexity index is 516. The number of carbonyl (C=O) groups excluding carboxylic acids is 2. The lowest BCUT2D eigenvalue weighted by atomic mass is 10.0. The summed E-state index contributed by atoms with van der Waals surface area (Å²) >= 11 is 5.47. The summed E-state index contributed by atoms with van der Waals surface area (Å²) in [5, 5.41) is 2.90. The Kier molecular flexibility index (Phi) is 6.00. The second-order valence-corrected chi connectivity index (χ2v) is 5.42. The third-order valence-electron chi connectivity index (χ3n) is 3.50. The van der Waals surface area contributed by atoms with Crippen LogP contribution in [-0.4, -0.2) is 48.5 Å². The topological polar surface area (TPSA) is 58.6 Å². The largest absolute Gasteiger partial charge is 0.448 e. The summed E-state index contributed by atoms with van der Waals surface area (Å²) in [4.78, 5) is 25.3. The number of benzene rings is 1. The number of carbonyl (C=O) groups is 2. The zero-order valence-electron chi connectivity index (χ0n) is 12.1. The van der Waals surface area contributed by atoms with Gasteiger partial charge < -0.3 is 15.0 Å². The lowest BCUT2D eigenvalue weighted by Crippen LogP contribution is -2.46. The first-order valence-corrected chi connectivity index (χ1v) is 7.67. The van der Waals surface area contributed by atoms with Gasteiger partial charge in [0, 0.05) is 24.7 Å². The van der Waals surface area contributed by atoms with E-state index in [9.17, 15) is 14.0 Å². The van der Waals surface area contributed by atoms with Crippen LogP contribution in [0.25, 0.3) is 0 Å². The van der Waals surface area contributed by atoms with Crippen molar-refractivity contribution in [1.29, 1.82) is 0 Å². The van der Waals surface area contributed by atoms with Crippen LogP contribution in [0, 0.1) is 5.82 Å². The molecule has 1 aliphatic heterocycles. The van der Waals surface area contributed by atoms with Crippen molar-refractivity contribution < 1.29 is 18.7 Å². The predicted molar refractivity (Wildman–Crippen MR) is 80.5 cm³/mol. The van der Waals surface area contributed by atoms with Crippen molar-refractivity contribution in [2.75, 3.05) is 25.6 Å². The number of amides is 2. The van der Waals surface area contributed by atoms with Crippen LogP contribution in [0.1, 0.15) is 23.2 Å². The molecule has 1 aliphatic rings. The molecule has 2 rings (SSSR count). The molecule has 0 aliphatic carbocycles. The number of piperidine rings is 1. The zero-order valence-corrected chi connectivity index (χ0v) is 12.8. The quantitative estimate of drug-likeness (QED) is 0.863. The Balaban J connectivity index is 1.78. The fraction of sp³-hybridized carbons (Fsp3) is 0.467. The normalized spacial score (nSPS) is 15.5. The highest BCUT2D eigenvalue weighted by Gasteiger charge is 2.24. The van der Waals surface area contributed by atoms with Gasteiger partial charge in [-0.3, -0.25) is 4.79 Å². The van der Waals surface area contributed by atoms with E-state index in [-0.39, 0.29) is 36.3 Å². The molecule has 0 radical (unpaired) electrons. The Hall–Kier alpha value is -1.82. The van der Waals surface area contributed by atoms with E-state index in [4.69, 9.17) is 16.3 Å². The molecule has 1 heterocycles. The maximum Gasteiger partial charge on any atom is 0.409 e. The molecule has 1 saturated heterocycles. The molecule has 1 aromatic rings. The molecule has 0 bridgehead atoms. The number of nitrogens with zero attached hydrogens (tertiary/aromatic N) is 1. The monoisotopic (exact) mass is 328 g/mol. The van der Waals surface area contributed by atoms with Gasteiger partial charge in [0.05, 0.1) is 5.88 Å². The minimum Gasteiger partial charge on any atom is -0.448 e. The molecule has 1 fully saturated rings. The third kappa shape index (κ3) is 4.59. The maximum atomic E-state index is 12.8. The molecule has 0 spiro atoms. The first kappa shape index (κ1) is 16.5. The number of halogens is 2. The SMILES string of the molecule is O=C(NC1CCN(C(=O)OCCCl)CC1)c1ccc(F)cc1. The molecule has 0 aromatic heterocycles. The minimum absolute atomic E-state index is 0.00497. The summed E-state index contributed by atoms with van der Waals surface area (Å²) in [6, 6.07) is 5.40. The van der Waals surface area contributed by atoms with Gasteiger partial charge in [0.25, 0.3) is 5.91 Å². The van der Waals surface area contributed by atoms with Crippen molar-refractivity contribution in [1.82, 2.24) is 10.2 Å².